The van der Waals surface area contributed by atoms with E-state index in [-0.39, 0.29) is 16.8 Å². The number of rotatable bonds is 2. The molecule has 1 saturated heterocycles. The average molecular weight is 284 g/mol. The van der Waals surface area contributed by atoms with Crippen molar-refractivity contribution in [1.29, 1.82) is 0 Å². The summed E-state index contributed by atoms with van der Waals surface area (Å²) in [6.07, 6.45) is 0.661. The van der Waals surface area contributed by atoms with Gasteiger partial charge < -0.3 is 10.2 Å². The Morgan fingerprint density at radius 3 is 3.00 bits per heavy atom. The molecule has 1 atom stereocenters. The smallest absolute Gasteiger partial charge is 0.257 e. The molecule has 0 saturated carbocycles. The first kappa shape index (κ1) is 11.9. The van der Waals surface area contributed by atoms with Crippen molar-refractivity contribution in [2.75, 3.05) is 17.2 Å². The maximum Gasteiger partial charge on any atom is 0.257 e. The molecule has 1 fully saturated rings. The second-order valence-electron chi connectivity index (χ2n) is 4.35. The van der Waals surface area contributed by atoms with E-state index in [1.165, 1.54) is 11.8 Å². The Kier molecular flexibility index (Phi) is 2.74. The fourth-order valence-electron chi connectivity index (χ4n) is 1.97. The highest BCUT2D eigenvalue weighted by Gasteiger charge is 2.29. The molecular weight excluding hydrogens is 272 g/mol. The van der Waals surface area contributed by atoms with Crippen molar-refractivity contribution in [2.24, 2.45) is 0 Å². The minimum atomic E-state index is -2.86. The summed E-state index contributed by atoms with van der Waals surface area (Å²) in [5.41, 5.74) is 7.68. The molecule has 7 heteroatoms. The fourth-order valence-corrected chi connectivity index (χ4v) is 5.37. The summed E-state index contributed by atoms with van der Waals surface area (Å²) in [5.74, 6) is 0.469. The minimum absolute atomic E-state index is 0.0420. The number of nitrogens with two attached hydrogens (primary N) is 1. The van der Waals surface area contributed by atoms with Crippen molar-refractivity contribution in [1.82, 2.24) is 4.98 Å². The van der Waals surface area contributed by atoms with Crippen molar-refractivity contribution < 1.29 is 12.8 Å². The minimum Gasteiger partial charge on any atom is -0.431 e. The van der Waals surface area contributed by atoms with Gasteiger partial charge in [0.1, 0.15) is 5.52 Å². The predicted molar refractivity (Wildman–Crippen MR) is 71.3 cm³/mol. The molecule has 1 aromatic heterocycles. The van der Waals surface area contributed by atoms with Gasteiger partial charge in [0.15, 0.2) is 15.4 Å². The van der Waals surface area contributed by atoms with Gasteiger partial charge in [-0.3, -0.25) is 0 Å². The van der Waals surface area contributed by atoms with Crippen molar-refractivity contribution in [3.8, 4) is 0 Å². The Hall–Kier alpha value is -1.21. The van der Waals surface area contributed by atoms with Gasteiger partial charge in [-0.2, -0.15) is 0 Å². The molecular formula is C11H12N2O3S2. The number of nitrogens with zero attached hydrogens (tertiary/aromatic N) is 1. The van der Waals surface area contributed by atoms with E-state index in [2.05, 4.69) is 4.98 Å². The lowest BCUT2D eigenvalue weighted by molar-refractivity contribution is 0.488. The van der Waals surface area contributed by atoms with Gasteiger partial charge in [-0.05, 0) is 24.6 Å². The topological polar surface area (TPSA) is 86.2 Å². The van der Waals surface area contributed by atoms with E-state index in [0.717, 1.165) is 0 Å². The molecule has 0 amide bonds. The van der Waals surface area contributed by atoms with Crippen LogP contribution < -0.4 is 5.73 Å². The Morgan fingerprint density at radius 1 is 1.44 bits per heavy atom. The molecule has 1 unspecified atom stereocenters. The number of hydrogen-bond donors (Lipinski definition) is 1. The van der Waals surface area contributed by atoms with Crippen LogP contribution in [0.2, 0.25) is 0 Å². The van der Waals surface area contributed by atoms with Gasteiger partial charge in [-0.1, -0.05) is 11.8 Å². The Morgan fingerprint density at radius 2 is 2.28 bits per heavy atom. The van der Waals surface area contributed by atoms with Crippen LogP contribution in [0.15, 0.2) is 27.8 Å². The molecule has 0 bridgehead atoms. The quantitative estimate of drug-likeness (QED) is 0.844. The first-order valence-corrected chi connectivity index (χ1v) is 8.25. The summed E-state index contributed by atoms with van der Waals surface area (Å²) < 4.78 is 28.3. The Balaban J connectivity index is 1.83. The standard InChI is InChI=1S/C11H12N2O3S2/c12-7-1-2-10-9(5-7)13-11(16-10)17-8-3-4-18(14,15)6-8/h1-2,5,8H,3-4,6,12H2. The van der Waals surface area contributed by atoms with Crippen LogP contribution >= 0.6 is 11.8 Å². The van der Waals surface area contributed by atoms with E-state index < -0.39 is 9.84 Å². The normalized spacial score (nSPS) is 22.6. The zero-order valence-electron chi connectivity index (χ0n) is 9.50. The summed E-state index contributed by atoms with van der Waals surface area (Å²) in [6, 6.07) is 5.27. The summed E-state index contributed by atoms with van der Waals surface area (Å²) in [4.78, 5) is 4.31. The van der Waals surface area contributed by atoms with Gasteiger partial charge >= 0.3 is 0 Å². The molecule has 1 aromatic carbocycles. The van der Waals surface area contributed by atoms with E-state index in [1.54, 1.807) is 18.2 Å². The second-order valence-corrected chi connectivity index (χ2v) is 7.83. The van der Waals surface area contributed by atoms with Crippen molar-refractivity contribution >= 4 is 38.4 Å². The predicted octanol–water partition coefficient (Wildman–Crippen LogP) is 1.69. The van der Waals surface area contributed by atoms with E-state index in [4.69, 9.17) is 10.2 Å². The summed E-state index contributed by atoms with van der Waals surface area (Å²) in [7, 11) is -2.86. The number of aromatic nitrogens is 1. The van der Waals surface area contributed by atoms with Gasteiger partial charge in [0.2, 0.25) is 0 Å². The third-order valence-electron chi connectivity index (χ3n) is 2.85. The number of nitrogen functional groups attached to an aromatic ring is 1. The maximum absolute atomic E-state index is 11.4. The molecule has 2 N–H and O–H groups in total. The highest BCUT2D eigenvalue weighted by atomic mass is 32.2. The highest BCUT2D eigenvalue weighted by molar-refractivity contribution is 8.01. The monoisotopic (exact) mass is 284 g/mol. The maximum atomic E-state index is 11.4. The largest absolute Gasteiger partial charge is 0.431 e. The SMILES string of the molecule is Nc1ccc2oc(SC3CCS(=O)(=O)C3)nc2c1. The number of oxazole rings is 1. The first-order valence-electron chi connectivity index (χ1n) is 5.55. The van der Waals surface area contributed by atoms with Crippen molar-refractivity contribution in [3.63, 3.8) is 0 Å². The lowest BCUT2D eigenvalue weighted by atomic mass is 10.3. The number of sulfone groups is 1. The molecule has 2 aromatic rings. The fraction of sp³-hybridized carbons (Fsp3) is 0.364. The second kappa shape index (κ2) is 4.17. The van der Waals surface area contributed by atoms with Crippen LogP contribution in [0.5, 0.6) is 0 Å². The third kappa shape index (κ3) is 2.32. The van der Waals surface area contributed by atoms with E-state index in [1.807, 2.05) is 0 Å². The van der Waals surface area contributed by atoms with Gasteiger partial charge in [-0.15, -0.1) is 0 Å². The molecule has 18 heavy (non-hydrogen) atoms. The van der Waals surface area contributed by atoms with Crippen LogP contribution in [0, 0.1) is 0 Å². The lowest BCUT2D eigenvalue weighted by Crippen LogP contribution is -2.05. The molecule has 0 radical (unpaired) electrons. The molecule has 96 valence electrons. The summed E-state index contributed by atoms with van der Waals surface area (Å²) in [6.45, 7) is 0. The van der Waals surface area contributed by atoms with Crippen LogP contribution in [0.25, 0.3) is 11.1 Å². The van der Waals surface area contributed by atoms with Gasteiger partial charge in [0.05, 0.1) is 11.5 Å². The number of thioether (sulfide) groups is 1. The number of hydrogen-bond acceptors (Lipinski definition) is 6. The van der Waals surface area contributed by atoms with E-state index in [0.29, 0.717) is 28.4 Å². The van der Waals surface area contributed by atoms with Gasteiger partial charge in [0, 0.05) is 10.9 Å². The molecule has 0 aliphatic carbocycles. The lowest BCUT2D eigenvalue weighted by Gasteiger charge is -2.01. The molecule has 5 nitrogen and oxygen atoms in total. The van der Waals surface area contributed by atoms with Crippen LogP contribution in [0.3, 0.4) is 0 Å². The average Bonchev–Trinajstić information content (AvgIpc) is 2.81. The Bertz CT molecular complexity index is 693. The summed E-state index contributed by atoms with van der Waals surface area (Å²) >= 11 is 1.39. The van der Waals surface area contributed by atoms with Gasteiger partial charge in [0.25, 0.3) is 5.22 Å². The van der Waals surface area contributed by atoms with Crippen LogP contribution in [-0.4, -0.2) is 30.2 Å². The van der Waals surface area contributed by atoms with Crippen LogP contribution in [0.1, 0.15) is 6.42 Å². The van der Waals surface area contributed by atoms with Crippen molar-refractivity contribution in [2.45, 2.75) is 16.9 Å². The molecule has 3 rings (SSSR count). The highest BCUT2D eigenvalue weighted by Crippen LogP contribution is 2.32. The summed E-state index contributed by atoms with van der Waals surface area (Å²) in [5, 5.41) is 0.554. The van der Waals surface area contributed by atoms with Crippen LogP contribution in [-0.2, 0) is 9.84 Å². The van der Waals surface area contributed by atoms with Crippen LogP contribution in [0.4, 0.5) is 5.69 Å². The number of benzene rings is 1. The molecule has 0 spiro atoms. The molecule has 1 aliphatic heterocycles. The third-order valence-corrected chi connectivity index (χ3v) is 5.94. The molecule has 1 aliphatic rings. The Labute approximate surface area is 109 Å². The van der Waals surface area contributed by atoms with E-state index >= 15 is 0 Å². The number of fused-ring (bicyclic) bond motifs is 1. The van der Waals surface area contributed by atoms with Gasteiger partial charge in [-0.25, -0.2) is 13.4 Å². The van der Waals surface area contributed by atoms with E-state index in [9.17, 15) is 8.42 Å². The zero-order chi connectivity index (χ0) is 12.8. The molecule has 2 heterocycles. The van der Waals surface area contributed by atoms with Crippen molar-refractivity contribution in [3.05, 3.63) is 18.2 Å². The zero-order valence-corrected chi connectivity index (χ0v) is 11.1. The number of anilines is 1. The first-order chi connectivity index (χ1) is 8.52.